The van der Waals surface area contributed by atoms with Gasteiger partial charge in [-0.15, -0.1) is 0 Å². The van der Waals surface area contributed by atoms with E-state index in [9.17, 15) is 14.4 Å². The van der Waals surface area contributed by atoms with Gasteiger partial charge in [0.2, 0.25) is 0 Å². The van der Waals surface area contributed by atoms with Crippen molar-refractivity contribution in [2.75, 3.05) is 7.11 Å². The fraction of sp³-hybridized carbons (Fsp3) is 0.308. The van der Waals surface area contributed by atoms with E-state index in [0.29, 0.717) is 5.75 Å². The van der Waals surface area contributed by atoms with Crippen LogP contribution in [0.2, 0.25) is 0 Å². The molecule has 0 spiro atoms. The van der Waals surface area contributed by atoms with E-state index in [-0.39, 0.29) is 3.58 Å². The van der Waals surface area contributed by atoms with Gasteiger partial charge in [-0.05, 0) is 0 Å². The first kappa shape index (κ1) is 17.3. The zero-order valence-electron chi connectivity index (χ0n) is 12.2. The van der Waals surface area contributed by atoms with Crippen LogP contribution in [0.4, 0.5) is 0 Å². The summed E-state index contributed by atoms with van der Waals surface area (Å²) < 4.78 is 21.0. The van der Waals surface area contributed by atoms with Crippen molar-refractivity contribution in [3.05, 3.63) is 24.3 Å². The van der Waals surface area contributed by atoms with Gasteiger partial charge >= 0.3 is 127 Å². The van der Waals surface area contributed by atoms with E-state index >= 15 is 0 Å². The molecule has 21 heavy (non-hydrogen) atoms. The molecular weight excluding hydrogens is 387 g/mol. The van der Waals surface area contributed by atoms with Crippen molar-refractivity contribution in [1.29, 1.82) is 0 Å². The van der Waals surface area contributed by atoms with Crippen LogP contribution in [-0.4, -0.2) is 44.6 Å². The van der Waals surface area contributed by atoms with Gasteiger partial charge < -0.3 is 0 Å². The summed E-state index contributed by atoms with van der Waals surface area (Å²) in [5.74, 6) is -1.81. The predicted octanol–water partition coefficient (Wildman–Crippen LogP) is 0.530. The second-order valence-corrected chi connectivity index (χ2v) is 10.5. The van der Waals surface area contributed by atoms with Gasteiger partial charge in [0, 0.05) is 0 Å². The topological polar surface area (TPSA) is 88.1 Å². The summed E-state index contributed by atoms with van der Waals surface area (Å²) in [5, 5.41) is 0. The summed E-state index contributed by atoms with van der Waals surface area (Å²) in [7, 11) is 1.41. The Balaban J connectivity index is 3.47. The molecular formula is C13H16O7Sn. The number of methoxy groups -OCH3 is 1. The minimum absolute atomic E-state index is 0.287. The van der Waals surface area contributed by atoms with E-state index in [2.05, 4.69) is 0 Å². The average molecular weight is 403 g/mol. The summed E-state index contributed by atoms with van der Waals surface area (Å²) in [5.41, 5.74) is 0. The van der Waals surface area contributed by atoms with Crippen LogP contribution in [0, 0.1) is 0 Å². The molecule has 0 fully saturated rings. The van der Waals surface area contributed by atoms with Crippen LogP contribution in [0.15, 0.2) is 24.3 Å². The Bertz CT molecular complexity index is 514. The summed E-state index contributed by atoms with van der Waals surface area (Å²) in [6.07, 6.45) is 0. The normalized spacial score (nSPS) is 10.5. The molecule has 0 bridgehead atoms. The van der Waals surface area contributed by atoms with Crippen LogP contribution in [0.5, 0.6) is 5.75 Å². The van der Waals surface area contributed by atoms with E-state index < -0.39 is 37.5 Å². The zero-order chi connectivity index (χ0) is 16.0. The molecule has 8 heteroatoms. The standard InChI is InChI=1S/C7H7O.3C2H4O2.Sn/c1-8-7-5-3-2-4-6-7;3*1-2(3)4;/h2-5H,1H3;3*1H3,(H,3,4);/q;;;;+3/p-3. The quantitative estimate of drug-likeness (QED) is 0.663. The molecule has 7 nitrogen and oxygen atoms in total. The molecule has 0 aliphatic rings. The first-order chi connectivity index (χ1) is 9.80. The van der Waals surface area contributed by atoms with Crippen LogP contribution < -0.4 is 8.32 Å². The molecule has 1 aromatic rings. The molecule has 0 heterocycles. The van der Waals surface area contributed by atoms with Gasteiger partial charge in [0.05, 0.1) is 0 Å². The number of benzene rings is 1. The third-order valence-corrected chi connectivity index (χ3v) is 10.1. The fourth-order valence-electron chi connectivity index (χ4n) is 1.69. The molecule has 0 radical (unpaired) electrons. The molecule has 114 valence electrons. The van der Waals surface area contributed by atoms with Gasteiger partial charge in [0.1, 0.15) is 0 Å². The first-order valence-corrected chi connectivity index (χ1v) is 10.9. The van der Waals surface area contributed by atoms with Gasteiger partial charge in [-0.25, -0.2) is 0 Å². The van der Waals surface area contributed by atoms with Crippen LogP contribution in [0.25, 0.3) is 0 Å². The molecule has 1 aromatic carbocycles. The monoisotopic (exact) mass is 404 g/mol. The van der Waals surface area contributed by atoms with E-state index in [4.69, 9.17) is 14.0 Å². The SMILES string of the molecule is COc1cccc[c]1[Sn]([O]C(C)=O)([O]C(C)=O)[O]C(C)=O. The summed E-state index contributed by atoms with van der Waals surface area (Å²) in [4.78, 5) is 34.2. The van der Waals surface area contributed by atoms with E-state index in [1.165, 1.54) is 7.11 Å². The molecule has 0 N–H and O–H groups in total. The second kappa shape index (κ2) is 7.30. The third-order valence-electron chi connectivity index (χ3n) is 2.27. The van der Waals surface area contributed by atoms with Gasteiger partial charge in [-0.3, -0.25) is 0 Å². The maximum absolute atomic E-state index is 11.4. The molecule has 0 saturated heterocycles. The van der Waals surface area contributed by atoms with Crippen molar-refractivity contribution in [3.8, 4) is 5.75 Å². The molecule has 0 aliphatic heterocycles. The predicted molar refractivity (Wildman–Crippen MR) is 73.7 cm³/mol. The summed E-state index contributed by atoms with van der Waals surface area (Å²) in [6, 6.07) is 6.47. The van der Waals surface area contributed by atoms with Crippen LogP contribution >= 0.6 is 0 Å². The number of ether oxygens (including phenoxy) is 1. The Hall–Kier alpha value is -1.77. The number of carbonyl (C=O) groups excluding carboxylic acids is 3. The number of rotatable bonds is 5. The van der Waals surface area contributed by atoms with Crippen molar-refractivity contribution in [2.45, 2.75) is 20.8 Å². The zero-order valence-corrected chi connectivity index (χ0v) is 15.0. The Kier molecular flexibility index (Phi) is 6.01. The minimum atomic E-state index is -5.01. The third kappa shape index (κ3) is 4.62. The van der Waals surface area contributed by atoms with Crippen molar-refractivity contribution < 1.29 is 28.3 Å². The molecule has 0 amide bonds. The Labute approximate surface area is 127 Å². The van der Waals surface area contributed by atoms with E-state index in [0.717, 1.165) is 20.8 Å². The number of hydrogen-bond donors (Lipinski definition) is 0. The summed E-state index contributed by atoms with van der Waals surface area (Å²) in [6.45, 7) is 3.44. The Morgan fingerprint density at radius 3 is 1.67 bits per heavy atom. The van der Waals surface area contributed by atoms with Crippen molar-refractivity contribution in [1.82, 2.24) is 0 Å². The Morgan fingerprint density at radius 1 is 0.857 bits per heavy atom. The Morgan fingerprint density at radius 2 is 1.29 bits per heavy atom. The van der Waals surface area contributed by atoms with Crippen LogP contribution in [0.1, 0.15) is 20.8 Å². The van der Waals surface area contributed by atoms with Gasteiger partial charge in [0.15, 0.2) is 0 Å². The van der Waals surface area contributed by atoms with E-state index in [1.807, 2.05) is 0 Å². The van der Waals surface area contributed by atoms with E-state index in [1.54, 1.807) is 24.3 Å². The molecule has 1 rings (SSSR count). The number of carbonyl (C=O) groups is 3. The number of para-hydroxylation sites is 1. The van der Waals surface area contributed by atoms with Gasteiger partial charge in [-0.1, -0.05) is 0 Å². The van der Waals surface area contributed by atoms with Crippen LogP contribution in [-0.2, 0) is 23.6 Å². The van der Waals surface area contributed by atoms with Crippen molar-refractivity contribution in [3.63, 3.8) is 0 Å². The molecule has 0 aromatic heterocycles. The molecule has 0 saturated carbocycles. The first-order valence-electron chi connectivity index (χ1n) is 6.03. The fourth-order valence-corrected chi connectivity index (χ4v) is 8.48. The van der Waals surface area contributed by atoms with Crippen molar-refractivity contribution >= 4 is 41.1 Å². The van der Waals surface area contributed by atoms with Gasteiger partial charge in [0.25, 0.3) is 0 Å². The molecule has 0 atom stereocenters. The molecule has 0 aliphatic carbocycles. The average Bonchev–Trinajstić information content (AvgIpc) is 2.36. The summed E-state index contributed by atoms with van der Waals surface area (Å²) >= 11 is -5.01. The maximum atomic E-state index is 11.4. The van der Waals surface area contributed by atoms with Gasteiger partial charge in [-0.2, -0.15) is 0 Å². The number of hydrogen-bond acceptors (Lipinski definition) is 7. The molecule has 0 unspecified atom stereocenters. The van der Waals surface area contributed by atoms with Crippen LogP contribution in [0.3, 0.4) is 0 Å². The van der Waals surface area contributed by atoms with Crippen molar-refractivity contribution in [2.24, 2.45) is 0 Å². The second-order valence-electron chi connectivity index (χ2n) is 4.04.